The van der Waals surface area contributed by atoms with Gasteiger partial charge in [0.05, 0.1) is 7.11 Å². The molecule has 0 amide bonds. The molecule has 0 bridgehead atoms. The van der Waals surface area contributed by atoms with Gasteiger partial charge in [-0.25, -0.2) is 0 Å². The van der Waals surface area contributed by atoms with Crippen LogP contribution in [-0.4, -0.2) is 7.11 Å². The third-order valence-corrected chi connectivity index (χ3v) is 3.15. The molecule has 0 aliphatic rings. The van der Waals surface area contributed by atoms with Gasteiger partial charge in [-0.2, -0.15) is 0 Å². The Morgan fingerprint density at radius 2 is 1.94 bits per heavy atom. The lowest BCUT2D eigenvalue weighted by atomic mass is 9.85. The number of hydrogen-bond acceptors (Lipinski definition) is 2. The van der Waals surface area contributed by atoms with Crippen LogP contribution in [-0.2, 0) is 0 Å². The summed E-state index contributed by atoms with van der Waals surface area (Å²) in [6, 6.07) is 3.81. The topological polar surface area (TPSA) is 35.2 Å². The van der Waals surface area contributed by atoms with Crippen molar-refractivity contribution in [2.24, 2.45) is 11.1 Å². The molecule has 3 heteroatoms. The minimum atomic E-state index is -0.0527. The quantitative estimate of drug-likeness (QED) is 0.883. The predicted octanol–water partition coefficient (Wildman–Crippen LogP) is 4.09. The molecule has 1 rings (SSSR count). The Labute approximate surface area is 109 Å². The number of rotatable bonds is 3. The summed E-state index contributed by atoms with van der Waals surface area (Å²) in [5, 5.41) is 0.741. The van der Waals surface area contributed by atoms with Crippen molar-refractivity contribution in [1.29, 1.82) is 0 Å². The molecule has 0 fully saturated rings. The Bertz CT molecular complexity index is 396. The molecular formula is C14H22ClNO. The van der Waals surface area contributed by atoms with Crippen molar-refractivity contribution in [1.82, 2.24) is 0 Å². The Morgan fingerprint density at radius 3 is 2.41 bits per heavy atom. The zero-order valence-electron chi connectivity index (χ0n) is 11.3. The van der Waals surface area contributed by atoms with Crippen molar-refractivity contribution in [3.63, 3.8) is 0 Å². The summed E-state index contributed by atoms with van der Waals surface area (Å²) < 4.78 is 5.38. The van der Waals surface area contributed by atoms with Crippen LogP contribution in [0.4, 0.5) is 0 Å². The lowest BCUT2D eigenvalue weighted by molar-refractivity contribution is 0.334. The molecular weight excluding hydrogens is 234 g/mol. The summed E-state index contributed by atoms with van der Waals surface area (Å²) in [6.45, 7) is 8.49. The van der Waals surface area contributed by atoms with E-state index in [0.29, 0.717) is 0 Å². The Kier molecular flexibility index (Phi) is 4.45. The highest BCUT2D eigenvalue weighted by atomic mass is 35.5. The van der Waals surface area contributed by atoms with Gasteiger partial charge in [-0.1, -0.05) is 32.4 Å². The number of benzene rings is 1. The van der Waals surface area contributed by atoms with Gasteiger partial charge in [0.1, 0.15) is 5.75 Å². The van der Waals surface area contributed by atoms with E-state index >= 15 is 0 Å². The molecule has 96 valence electrons. The van der Waals surface area contributed by atoms with Crippen molar-refractivity contribution >= 4 is 11.6 Å². The van der Waals surface area contributed by atoms with E-state index in [9.17, 15) is 0 Å². The second-order valence-corrected chi connectivity index (χ2v) is 6.12. The van der Waals surface area contributed by atoms with Crippen LogP contribution in [0.25, 0.3) is 0 Å². The molecule has 0 aliphatic carbocycles. The fourth-order valence-corrected chi connectivity index (χ4v) is 2.08. The molecule has 0 saturated carbocycles. The number of nitrogens with two attached hydrogens (primary N) is 1. The summed E-state index contributed by atoms with van der Waals surface area (Å²) in [5.41, 5.74) is 8.41. The van der Waals surface area contributed by atoms with Crippen LogP contribution in [0.15, 0.2) is 12.1 Å². The van der Waals surface area contributed by atoms with Crippen LogP contribution < -0.4 is 10.5 Å². The Balaban J connectivity index is 3.08. The van der Waals surface area contributed by atoms with Crippen molar-refractivity contribution in [2.75, 3.05) is 7.11 Å². The summed E-state index contributed by atoms with van der Waals surface area (Å²) >= 11 is 6.15. The number of ether oxygens (including phenoxy) is 1. The van der Waals surface area contributed by atoms with Crippen LogP contribution in [0.1, 0.15) is 44.4 Å². The van der Waals surface area contributed by atoms with Gasteiger partial charge in [-0.3, -0.25) is 0 Å². The predicted molar refractivity (Wildman–Crippen MR) is 73.7 cm³/mol. The van der Waals surface area contributed by atoms with Gasteiger partial charge in [0.25, 0.3) is 0 Å². The highest BCUT2D eigenvalue weighted by molar-refractivity contribution is 6.31. The van der Waals surface area contributed by atoms with Gasteiger partial charge in [-0.15, -0.1) is 0 Å². The van der Waals surface area contributed by atoms with Crippen molar-refractivity contribution in [3.8, 4) is 5.75 Å². The zero-order chi connectivity index (χ0) is 13.2. The maximum atomic E-state index is 6.24. The summed E-state index contributed by atoms with van der Waals surface area (Å²) in [5.74, 6) is 0.823. The fourth-order valence-electron chi connectivity index (χ4n) is 1.91. The normalized spacial score (nSPS) is 13.6. The molecule has 1 aromatic rings. The largest absolute Gasteiger partial charge is 0.496 e. The third-order valence-electron chi connectivity index (χ3n) is 2.74. The molecule has 2 N–H and O–H groups in total. The van der Waals surface area contributed by atoms with E-state index in [1.807, 2.05) is 19.1 Å². The highest BCUT2D eigenvalue weighted by Gasteiger charge is 2.20. The van der Waals surface area contributed by atoms with E-state index in [-0.39, 0.29) is 11.5 Å². The van der Waals surface area contributed by atoms with Crippen LogP contribution in [0, 0.1) is 12.3 Å². The van der Waals surface area contributed by atoms with Crippen LogP contribution in [0.5, 0.6) is 5.75 Å². The van der Waals surface area contributed by atoms with Crippen LogP contribution in [0.3, 0.4) is 0 Å². The van der Waals surface area contributed by atoms with E-state index in [0.717, 1.165) is 28.3 Å². The average molecular weight is 256 g/mol. The van der Waals surface area contributed by atoms with Gasteiger partial charge in [0.15, 0.2) is 0 Å². The molecule has 1 atom stereocenters. The van der Waals surface area contributed by atoms with E-state index in [4.69, 9.17) is 22.1 Å². The second kappa shape index (κ2) is 5.28. The zero-order valence-corrected chi connectivity index (χ0v) is 12.1. The Morgan fingerprint density at radius 1 is 1.35 bits per heavy atom. The monoisotopic (exact) mass is 255 g/mol. The van der Waals surface area contributed by atoms with Crippen LogP contribution in [0.2, 0.25) is 5.02 Å². The molecule has 0 aliphatic heterocycles. The molecule has 1 unspecified atom stereocenters. The standard InChI is InChI=1S/C14H22ClNO/c1-9-6-13(17-5)10(7-11(9)15)12(16)8-14(2,3)4/h6-7,12H,8,16H2,1-5H3. The average Bonchev–Trinajstić information content (AvgIpc) is 2.18. The minimum Gasteiger partial charge on any atom is -0.496 e. The first-order valence-electron chi connectivity index (χ1n) is 5.84. The summed E-state index contributed by atoms with van der Waals surface area (Å²) in [6.07, 6.45) is 0.892. The summed E-state index contributed by atoms with van der Waals surface area (Å²) in [7, 11) is 1.66. The number of methoxy groups -OCH3 is 1. The first-order chi connectivity index (χ1) is 7.74. The maximum absolute atomic E-state index is 6.24. The van der Waals surface area contributed by atoms with Gasteiger partial charge in [0, 0.05) is 16.6 Å². The second-order valence-electron chi connectivity index (χ2n) is 5.71. The van der Waals surface area contributed by atoms with Crippen molar-refractivity contribution in [3.05, 3.63) is 28.3 Å². The molecule has 2 nitrogen and oxygen atoms in total. The lowest BCUT2D eigenvalue weighted by Crippen LogP contribution is -2.19. The number of halogens is 1. The number of hydrogen-bond donors (Lipinski definition) is 1. The van der Waals surface area contributed by atoms with Gasteiger partial charge < -0.3 is 10.5 Å². The molecule has 17 heavy (non-hydrogen) atoms. The molecule has 0 spiro atoms. The van der Waals surface area contributed by atoms with E-state index < -0.39 is 0 Å². The molecule has 0 saturated heterocycles. The molecule has 0 radical (unpaired) electrons. The fraction of sp³-hybridized carbons (Fsp3) is 0.571. The first kappa shape index (κ1) is 14.3. The molecule has 0 aromatic heterocycles. The molecule has 0 heterocycles. The van der Waals surface area contributed by atoms with E-state index in [1.54, 1.807) is 7.11 Å². The smallest absolute Gasteiger partial charge is 0.123 e. The SMILES string of the molecule is COc1cc(C)c(Cl)cc1C(N)CC(C)(C)C. The third kappa shape index (κ3) is 3.90. The maximum Gasteiger partial charge on any atom is 0.123 e. The van der Waals surface area contributed by atoms with E-state index in [2.05, 4.69) is 20.8 Å². The molecule has 1 aromatic carbocycles. The van der Waals surface area contributed by atoms with E-state index in [1.165, 1.54) is 0 Å². The summed E-state index contributed by atoms with van der Waals surface area (Å²) in [4.78, 5) is 0. The lowest BCUT2D eigenvalue weighted by Gasteiger charge is -2.25. The van der Waals surface area contributed by atoms with Crippen molar-refractivity contribution < 1.29 is 4.74 Å². The highest BCUT2D eigenvalue weighted by Crippen LogP contribution is 2.35. The number of aryl methyl sites for hydroxylation is 1. The van der Waals surface area contributed by atoms with Crippen molar-refractivity contribution in [2.45, 2.75) is 40.2 Å². The minimum absolute atomic E-state index is 0.0527. The Hall–Kier alpha value is -0.730. The van der Waals surface area contributed by atoms with Gasteiger partial charge in [-0.05, 0) is 36.5 Å². The van der Waals surface area contributed by atoms with Crippen LogP contribution >= 0.6 is 11.6 Å². The first-order valence-corrected chi connectivity index (χ1v) is 6.22. The van der Waals surface area contributed by atoms with Gasteiger partial charge >= 0.3 is 0 Å². The van der Waals surface area contributed by atoms with Gasteiger partial charge in [0.2, 0.25) is 0 Å².